The number of aliphatic carboxylic acids is 1. The quantitative estimate of drug-likeness (QED) is 0.562. The second-order valence-electron chi connectivity index (χ2n) is 2.35. The molecule has 1 heterocycles. The minimum Gasteiger partial charge on any atom is -0.480 e. The van der Waals surface area contributed by atoms with Crippen LogP contribution in [0.3, 0.4) is 0 Å². The van der Waals surface area contributed by atoms with Crippen molar-refractivity contribution in [1.82, 2.24) is 4.98 Å². The van der Waals surface area contributed by atoms with Gasteiger partial charge in [0.05, 0.1) is 0 Å². The predicted octanol–water partition coefficient (Wildman–Crippen LogP) is -0.207. The molecule has 0 radical (unpaired) electrons. The maximum Gasteiger partial charge on any atom is 0.320 e. The minimum absolute atomic E-state index is 0.0532. The summed E-state index contributed by atoms with van der Waals surface area (Å²) in [5, 5.41) is 7.87. The first-order valence-electron chi connectivity index (χ1n) is 3.66. The van der Waals surface area contributed by atoms with Crippen LogP contribution in [0.5, 0.6) is 0 Å². The molecule has 0 aliphatic rings. The average molecular weight is 184 g/mol. The van der Waals surface area contributed by atoms with Crippen LogP contribution in [0.25, 0.3) is 0 Å². The minimum atomic E-state index is -0.963. The zero-order valence-corrected chi connectivity index (χ0v) is 7.23. The number of carbonyl (C=O) groups is 1. The number of pyridine rings is 1. The molecule has 13 heavy (non-hydrogen) atoms. The average Bonchev–Trinajstić information content (AvgIpc) is 2.06. The van der Waals surface area contributed by atoms with Gasteiger partial charge < -0.3 is 15.8 Å². The molecule has 1 unspecified atom stereocenters. The lowest BCUT2D eigenvalue weighted by Crippen LogP contribution is -2.25. The fraction of sp³-hybridized carbons (Fsp3) is 0.250. The van der Waals surface area contributed by atoms with Gasteiger partial charge in [-0.2, -0.15) is 0 Å². The lowest BCUT2D eigenvalue weighted by molar-refractivity contribution is -0.138. The normalized spacial score (nSPS) is 10.9. The lowest BCUT2D eigenvalue weighted by atomic mass is 10.4. The smallest absolute Gasteiger partial charge is 0.320 e. The molecule has 0 fully saturated rings. The summed E-state index contributed by atoms with van der Waals surface area (Å²) in [4.78, 5) is 22.3. The number of aromatic amines is 1. The molecule has 5 heteroatoms. The molecular formula is C8H12N2O3. The molecule has 1 rings (SSSR count). The number of nitrogens with two attached hydrogens (primary N) is 1. The summed E-state index contributed by atoms with van der Waals surface area (Å²) >= 11 is 0. The maximum atomic E-state index is 10.2. The molecule has 0 amide bonds. The fourth-order valence-corrected chi connectivity index (χ4v) is 0.377. The highest BCUT2D eigenvalue weighted by Crippen LogP contribution is 1.68. The lowest BCUT2D eigenvalue weighted by Gasteiger charge is -1.90. The molecule has 0 aliphatic carbocycles. The third-order valence-corrected chi connectivity index (χ3v) is 1.07. The Hall–Kier alpha value is -1.62. The first-order chi connectivity index (χ1) is 6.04. The van der Waals surface area contributed by atoms with E-state index in [0.29, 0.717) is 0 Å². The molecule has 0 spiro atoms. The topological polar surface area (TPSA) is 96.2 Å². The molecule has 1 aromatic heterocycles. The van der Waals surface area contributed by atoms with Gasteiger partial charge in [-0.1, -0.05) is 6.07 Å². The van der Waals surface area contributed by atoms with Crippen LogP contribution in [0, 0.1) is 0 Å². The molecule has 0 aliphatic heterocycles. The van der Waals surface area contributed by atoms with E-state index in [1.807, 2.05) is 0 Å². The van der Waals surface area contributed by atoms with E-state index in [4.69, 9.17) is 10.8 Å². The van der Waals surface area contributed by atoms with E-state index < -0.39 is 12.0 Å². The Morgan fingerprint density at radius 3 is 2.31 bits per heavy atom. The molecule has 5 nitrogen and oxygen atoms in total. The number of aromatic nitrogens is 1. The Balaban J connectivity index is 0.000000226. The number of H-pyrrole nitrogens is 1. The van der Waals surface area contributed by atoms with Crippen LogP contribution in [0.15, 0.2) is 29.2 Å². The van der Waals surface area contributed by atoms with E-state index >= 15 is 0 Å². The van der Waals surface area contributed by atoms with Gasteiger partial charge in [-0.15, -0.1) is 0 Å². The first kappa shape index (κ1) is 11.4. The second-order valence-corrected chi connectivity index (χ2v) is 2.35. The highest BCUT2D eigenvalue weighted by Gasteiger charge is 1.99. The molecule has 0 bridgehead atoms. The third kappa shape index (κ3) is 6.77. The van der Waals surface area contributed by atoms with Crippen molar-refractivity contribution in [3.8, 4) is 0 Å². The summed E-state index contributed by atoms with van der Waals surface area (Å²) in [5.74, 6) is -0.963. The van der Waals surface area contributed by atoms with Crippen LogP contribution in [-0.4, -0.2) is 22.1 Å². The zero-order valence-electron chi connectivity index (χ0n) is 7.23. The highest BCUT2D eigenvalue weighted by atomic mass is 16.4. The van der Waals surface area contributed by atoms with E-state index in [1.165, 1.54) is 13.0 Å². The van der Waals surface area contributed by atoms with E-state index in [9.17, 15) is 9.59 Å². The van der Waals surface area contributed by atoms with Crippen LogP contribution < -0.4 is 11.3 Å². The molecular weight excluding hydrogens is 172 g/mol. The van der Waals surface area contributed by atoms with Gasteiger partial charge in [-0.05, 0) is 13.0 Å². The number of rotatable bonds is 1. The monoisotopic (exact) mass is 184 g/mol. The number of carboxylic acids is 1. The number of hydrogen-bond acceptors (Lipinski definition) is 3. The maximum absolute atomic E-state index is 10.2. The molecule has 0 aromatic carbocycles. The summed E-state index contributed by atoms with van der Waals surface area (Å²) < 4.78 is 0. The van der Waals surface area contributed by atoms with Gasteiger partial charge >= 0.3 is 5.97 Å². The molecule has 1 aromatic rings. The van der Waals surface area contributed by atoms with Gasteiger partial charge in [0.25, 0.3) is 0 Å². The standard InChI is InChI=1S/C5H5NO.C3H7NO2/c7-5-3-1-2-4-6-5;1-2(4)3(5)6/h1-4H,(H,6,7);2H,4H2,1H3,(H,5,6). The van der Waals surface area contributed by atoms with Gasteiger partial charge in [0.2, 0.25) is 5.56 Å². The Kier molecular flexibility index (Phi) is 5.22. The molecule has 4 N–H and O–H groups in total. The van der Waals surface area contributed by atoms with E-state index in [0.717, 1.165) is 0 Å². The Bertz CT molecular complexity index is 289. The highest BCUT2D eigenvalue weighted by molar-refractivity contribution is 5.72. The van der Waals surface area contributed by atoms with Crippen molar-refractivity contribution >= 4 is 5.97 Å². The molecule has 0 saturated heterocycles. The largest absolute Gasteiger partial charge is 0.480 e. The van der Waals surface area contributed by atoms with Crippen molar-refractivity contribution in [3.63, 3.8) is 0 Å². The van der Waals surface area contributed by atoms with Crippen molar-refractivity contribution in [2.75, 3.05) is 0 Å². The van der Waals surface area contributed by atoms with Gasteiger partial charge in [-0.25, -0.2) is 0 Å². The van der Waals surface area contributed by atoms with E-state index in [-0.39, 0.29) is 5.56 Å². The molecule has 0 saturated carbocycles. The number of nitrogens with one attached hydrogen (secondary N) is 1. The summed E-state index contributed by atoms with van der Waals surface area (Å²) in [6.07, 6.45) is 1.60. The van der Waals surface area contributed by atoms with Crippen LogP contribution >= 0.6 is 0 Å². The van der Waals surface area contributed by atoms with Crippen molar-refractivity contribution in [3.05, 3.63) is 34.7 Å². The van der Waals surface area contributed by atoms with Crippen molar-refractivity contribution < 1.29 is 9.90 Å². The van der Waals surface area contributed by atoms with Crippen LogP contribution in [0.2, 0.25) is 0 Å². The SMILES string of the molecule is CC(N)C(=O)O.O=c1cccc[nH]1. The van der Waals surface area contributed by atoms with Crippen molar-refractivity contribution in [2.45, 2.75) is 13.0 Å². The van der Waals surface area contributed by atoms with Gasteiger partial charge in [0, 0.05) is 12.3 Å². The van der Waals surface area contributed by atoms with E-state index in [2.05, 4.69) is 4.98 Å². The van der Waals surface area contributed by atoms with Gasteiger partial charge in [0.15, 0.2) is 0 Å². The predicted molar refractivity (Wildman–Crippen MR) is 48.3 cm³/mol. The summed E-state index contributed by atoms with van der Waals surface area (Å²) in [7, 11) is 0. The van der Waals surface area contributed by atoms with Crippen LogP contribution in [0.1, 0.15) is 6.92 Å². The fourth-order valence-electron chi connectivity index (χ4n) is 0.377. The number of carboxylic acid groups (broad SMARTS) is 1. The van der Waals surface area contributed by atoms with E-state index in [1.54, 1.807) is 18.3 Å². The number of hydrogen-bond donors (Lipinski definition) is 3. The van der Waals surface area contributed by atoms with Crippen molar-refractivity contribution in [2.24, 2.45) is 5.73 Å². The first-order valence-corrected chi connectivity index (χ1v) is 3.66. The van der Waals surface area contributed by atoms with Crippen LogP contribution in [-0.2, 0) is 4.79 Å². The molecule has 72 valence electrons. The second kappa shape index (κ2) is 5.96. The van der Waals surface area contributed by atoms with Crippen molar-refractivity contribution in [1.29, 1.82) is 0 Å². The summed E-state index contributed by atoms with van der Waals surface area (Å²) in [6.45, 7) is 1.42. The summed E-state index contributed by atoms with van der Waals surface area (Å²) in [5.41, 5.74) is 4.78. The third-order valence-electron chi connectivity index (χ3n) is 1.07. The molecule has 1 atom stereocenters. The summed E-state index contributed by atoms with van der Waals surface area (Å²) in [6, 6.07) is 4.20. The Morgan fingerprint density at radius 2 is 2.15 bits per heavy atom. The van der Waals surface area contributed by atoms with Gasteiger partial charge in [-0.3, -0.25) is 9.59 Å². The van der Waals surface area contributed by atoms with Gasteiger partial charge in [0.1, 0.15) is 6.04 Å². The zero-order chi connectivity index (χ0) is 10.3. The van der Waals surface area contributed by atoms with Crippen LogP contribution in [0.4, 0.5) is 0 Å². The Morgan fingerprint density at radius 1 is 1.62 bits per heavy atom. The Labute approximate surface area is 75.2 Å².